The van der Waals surface area contributed by atoms with Crippen LogP contribution in [0.4, 0.5) is 11.5 Å². The number of pyridine rings is 1. The molecule has 6 N–H and O–H groups in total. The zero-order valence-electron chi connectivity index (χ0n) is 36.3. The minimum atomic E-state index is -4.94. The molecule has 0 radical (unpaired) electrons. The van der Waals surface area contributed by atoms with E-state index in [0.29, 0.717) is 53.7 Å². The molecule has 0 atom stereocenters. The number of amides is 1. The summed E-state index contributed by atoms with van der Waals surface area (Å²) in [6.07, 6.45) is 13.0. The van der Waals surface area contributed by atoms with Crippen LogP contribution in [0.2, 0.25) is 0 Å². The molecule has 0 spiro atoms. The standard InChI is InChI=1S/C45H51N5O11S2/c1-42(2,54)20-18-29-23-32-40(49(26-29)22-11-9-10-15-39(52)53)47-36(44(32,5)6)13-12-14-37-45(7,8)33-24-30(19-21-43(3,4)55)27-50(41(33)48-37)28-38(51)46-34-25-31(62(56,57)58)16-17-35(34)63(59,60)61/h12-14,16-17,23-27,54-55H,9-11,15,22,28H2,1-8H3,(H3-,46,51,52,53,56,57,58,59,60,61)/p+1. The quantitative estimate of drug-likeness (QED) is 0.0672. The van der Waals surface area contributed by atoms with E-state index in [-0.39, 0.29) is 6.42 Å². The van der Waals surface area contributed by atoms with Gasteiger partial charge < -0.3 is 25.5 Å². The SMILES string of the molecule is CC(C)(O)C#CC1=CN(CCCCCC(=O)O)C2=N/C(=C\C=C\C3=Nc4c(cc(C#CC(C)(C)O)c[n+]4CC(=O)Nc4cc(S(=O)(=O)O)ccc4S(=O)(=O)O)C3(C)C)C(C)(C)C2=C1. The lowest BCUT2D eigenvalue weighted by atomic mass is 9.80. The summed E-state index contributed by atoms with van der Waals surface area (Å²) in [5.74, 6) is 11.1. The van der Waals surface area contributed by atoms with Gasteiger partial charge in [0.2, 0.25) is 0 Å². The topological polar surface area (TPSA) is 247 Å². The van der Waals surface area contributed by atoms with Crippen LogP contribution in [-0.4, -0.2) is 87.3 Å². The molecule has 16 nitrogen and oxygen atoms in total. The molecule has 0 bridgehead atoms. The van der Waals surface area contributed by atoms with Crippen molar-refractivity contribution in [1.29, 1.82) is 0 Å². The number of fused-ring (bicyclic) bond motifs is 2. The summed E-state index contributed by atoms with van der Waals surface area (Å²) in [5, 5.41) is 32.0. The average Bonchev–Trinajstić information content (AvgIpc) is 3.55. The molecule has 0 saturated heterocycles. The summed E-state index contributed by atoms with van der Waals surface area (Å²) < 4.78 is 68.7. The van der Waals surface area contributed by atoms with Crippen molar-refractivity contribution in [1.82, 2.24) is 4.90 Å². The number of carboxylic acid groups (broad SMARTS) is 1. The van der Waals surface area contributed by atoms with Crippen LogP contribution >= 0.6 is 0 Å². The van der Waals surface area contributed by atoms with Gasteiger partial charge in [-0.05, 0) is 102 Å². The Morgan fingerprint density at radius 1 is 0.905 bits per heavy atom. The molecule has 1 aromatic carbocycles. The second-order valence-electron chi connectivity index (χ2n) is 17.5. The number of aliphatic hydroxyl groups is 2. The third-order valence-electron chi connectivity index (χ3n) is 10.2. The second-order valence-corrected chi connectivity index (χ2v) is 20.3. The third-order valence-corrected chi connectivity index (χ3v) is 12.0. The van der Waals surface area contributed by atoms with Crippen LogP contribution in [0.1, 0.15) is 92.2 Å². The second kappa shape index (κ2) is 17.8. The van der Waals surface area contributed by atoms with E-state index in [9.17, 15) is 45.7 Å². The maximum absolute atomic E-state index is 13.6. The van der Waals surface area contributed by atoms with Gasteiger partial charge in [0.15, 0.2) is 12.3 Å². The Balaban J connectivity index is 1.50. The summed E-state index contributed by atoms with van der Waals surface area (Å²) in [7, 11) is -9.76. The molecular formula is C45H52N5O11S2+. The van der Waals surface area contributed by atoms with Crippen LogP contribution in [0.15, 0.2) is 97.6 Å². The summed E-state index contributed by atoms with van der Waals surface area (Å²) >= 11 is 0. The number of nitrogens with zero attached hydrogens (tertiary/aromatic N) is 4. The number of aliphatic carboxylic acids is 1. The lowest BCUT2D eigenvalue weighted by Crippen LogP contribution is -2.41. The summed E-state index contributed by atoms with van der Waals surface area (Å²) in [6, 6.07) is 4.01. The van der Waals surface area contributed by atoms with Gasteiger partial charge in [0.25, 0.3) is 26.1 Å². The highest BCUT2D eigenvalue weighted by atomic mass is 32.2. The molecule has 1 amide bonds. The molecule has 4 heterocycles. The number of carbonyl (C=O) groups is 2. The van der Waals surface area contributed by atoms with E-state index in [0.717, 1.165) is 35.7 Å². The number of hydrogen-bond acceptors (Lipinski definition) is 11. The number of hydrogen-bond donors (Lipinski definition) is 6. The predicted octanol–water partition coefficient (Wildman–Crippen LogP) is 5.02. The van der Waals surface area contributed by atoms with Gasteiger partial charge in [-0.3, -0.25) is 18.7 Å². The van der Waals surface area contributed by atoms with Gasteiger partial charge in [-0.25, -0.2) is 9.56 Å². The Kier molecular flexibility index (Phi) is 13.6. The highest BCUT2D eigenvalue weighted by Crippen LogP contribution is 2.45. The lowest BCUT2D eigenvalue weighted by molar-refractivity contribution is -0.671. The number of aliphatic imine (C=N–C) groups is 2. The maximum atomic E-state index is 13.6. The summed E-state index contributed by atoms with van der Waals surface area (Å²) in [5.41, 5.74) is -0.452. The van der Waals surface area contributed by atoms with Gasteiger partial charge in [0.05, 0.1) is 32.8 Å². The first kappa shape index (κ1) is 48.3. The Morgan fingerprint density at radius 3 is 2.19 bits per heavy atom. The van der Waals surface area contributed by atoms with E-state index in [1.54, 1.807) is 19.9 Å². The number of unbranched alkanes of at least 4 members (excludes halogenated alkanes) is 2. The van der Waals surface area contributed by atoms with E-state index in [1.165, 1.54) is 24.6 Å². The Morgan fingerprint density at radius 2 is 1.57 bits per heavy atom. The van der Waals surface area contributed by atoms with Crippen molar-refractivity contribution in [3.05, 3.63) is 88.9 Å². The Hall–Kier alpha value is -5.73. The minimum absolute atomic E-state index is 0.0910. The van der Waals surface area contributed by atoms with Crippen molar-refractivity contribution in [2.24, 2.45) is 15.4 Å². The summed E-state index contributed by atoms with van der Waals surface area (Å²) in [6.45, 7) is 14.3. The molecule has 3 aliphatic heterocycles. The first-order valence-electron chi connectivity index (χ1n) is 19.9. The zero-order chi connectivity index (χ0) is 46.9. The highest BCUT2D eigenvalue weighted by Gasteiger charge is 2.44. The van der Waals surface area contributed by atoms with Gasteiger partial charge in [-0.15, -0.1) is 0 Å². The molecule has 63 heavy (non-hydrogen) atoms. The van der Waals surface area contributed by atoms with Gasteiger partial charge >= 0.3 is 11.8 Å². The van der Waals surface area contributed by atoms with Gasteiger partial charge in [0.1, 0.15) is 28.1 Å². The van der Waals surface area contributed by atoms with E-state index >= 15 is 0 Å². The summed E-state index contributed by atoms with van der Waals surface area (Å²) in [4.78, 5) is 35.1. The van der Waals surface area contributed by atoms with E-state index in [2.05, 4.69) is 29.0 Å². The predicted molar refractivity (Wildman–Crippen MR) is 236 cm³/mol. The van der Waals surface area contributed by atoms with Crippen LogP contribution < -0.4 is 9.88 Å². The largest absolute Gasteiger partial charge is 0.481 e. The Labute approximate surface area is 368 Å². The van der Waals surface area contributed by atoms with Crippen molar-refractivity contribution in [3.63, 3.8) is 0 Å². The van der Waals surface area contributed by atoms with Crippen LogP contribution in [0, 0.1) is 29.1 Å². The molecule has 3 aliphatic rings. The van der Waals surface area contributed by atoms with E-state index in [4.69, 9.17) is 15.1 Å². The lowest BCUT2D eigenvalue weighted by Gasteiger charge is -2.29. The molecule has 2 aromatic rings. The maximum Gasteiger partial charge on any atom is 0.328 e. The molecule has 0 aliphatic carbocycles. The first-order chi connectivity index (χ1) is 29.0. The van der Waals surface area contributed by atoms with Crippen molar-refractivity contribution in [2.75, 3.05) is 11.9 Å². The van der Waals surface area contributed by atoms with Gasteiger partial charge in [-0.2, -0.15) is 16.8 Å². The number of carbonyl (C=O) groups excluding carboxylic acids is 1. The number of rotatable bonds is 13. The highest BCUT2D eigenvalue weighted by molar-refractivity contribution is 7.86. The smallest absolute Gasteiger partial charge is 0.328 e. The monoisotopic (exact) mass is 902 g/mol. The normalized spacial score (nSPS) is 17.4. The number of amidine groups is 1. The minimum Gasteiger partial charge on any atom is -0.481 e. The van der Waals surface area contributed by atoms with Crippen LogP contribution in [0.5, 0.6) is 0 Å². The molecule has 0 fully saturated rings. The number of benzene rings is 1. The number of nitrogens with one attached hydrogen (secondary N) is 1. The van der Waals surface area contributed by atoms with Crippen LogP contribution in [0.3, 0.4) is 0 Å². The van der Waals surface area contributed by atoms with E-state index < -0.39 is 76.2 Å². The number of anilines is 1. The van der Waals surface area contributed by atoms with Crippen LogP contribution in [-0.2, 0) is 41.8 Å². The molecule has 0 saturated carbocycles. The molecule has 1 aromatic heterocycles. The van der Waals surface area contributed by atoms with E-state index in [1.807, 2.05) is 63.1 Å². The van der Waals surface area contributed by atoms with Crippen molar-refractivity contribution in [3.8, 4) is 23.7 Å². The van der Waals surface area contributed by atoms with Crippen LogP contribution in [0.25, 0.3) is 0 Å². The molecule has 0 unspecified atom stereocenters. The Bertz CT molecular complexity index is 2790. The van der Waals surface area contributed by atoms with Crippen molar-refractivity contribution >= 4 is 55.2 Å². The number of allylic oxidation sites excluding steroid dienone is 6. The van der Waals surface area contributed by atoms with Gasteiger partial charge in [0, 0.05) is 35.7 Å². The average molecular weight is 903 g/mol. The fourth-order valence-corrected chi connectivity index (χ4v) is 8.04. The van der Waals surface area contributed by atoms with Crippen molar-refractivity contribution < 1.29 is 55.4 Å². The first-order valence-corrected chi connectivity index (χ1v) is 22.8. The fourth-order valence-electron chi connectivity index (χ4n) is 6.91. The molecule has 334 valence electrons. The molecular weight excluding hydrogens is 851 g/mol. The zero-order valence-corrected chi connectivity index (χ0v) is 37.9. The van der Waals surface area contributed by atoms with Gasteiger partial charge in [-0.1, -0.05) is 50.0 Å². The molecule has 18 heteroatoms. The fraction of sp³-hybridized carbons (Fsp3) is 0.400. The number of aromatic nitrogens is 1. The third kappa shape index (κ3) is 12.1. The number of carboxylic acids is 1. The molecule has 5 rings (SSSR count). The van der Waals surface area contributed by atoms with Crippen molar-refractivity contribution in [2.45, 2.75) is 114 Å².